The van der Waals surface area contributed by atoms with E-state index in [0.717, 1.165) is 6.07 Å². The fourth-order valence-electron chi connectivity index (χ4n) is 1.09. The van der Waals surface area contributed by atoms with Gasteiger partial charge in [0.15, 0.2) is 0 Å². The largest absolute Gasteiger partial charge is 0.462 e. The van der Waals surface area contributed by atoms with Crippen LogP contribution in [-0.4, -0.2) is 31.4 Å². The number of esters is 1. The quantitative estimate of drug-likeness (QED) is 0.384. The molecular weight excluding hydrogens is 268 g/mol. The summed E-state index contributed by atoms with van der Waals surface area (Å²) in [5.74, 6) is -0.279. The summed E-state index contributed by atoms with van der Waals surface area (Å²) in [5.41, 5.74) is 0.0645. The third-order valence-electron chi connectivity index (χ3n) is 1.88. The first kappa shape index (κ1) is 14.0. The van der Waals surface area contributed by atoms with Crippen molar-refractivity contribution in [3.05, 3.63) is 29.8 Å². The van der Waals surface area contributed by atoms with Crippen molar-refractivity contribution in [1.29, 1.82) is 0 Å². The summed E-state index contributed by atoms with van der Waals surface area (Å²) in [6, 6.07) is 4.99. The minimum Gasteiger partial charge on any atom is -0.462 e. The molecule has 17 heavy (non-hydrogen) atoms. The molecule has 0 aromatic heterocycles. The monoisotopic (exact) mass is 278 g/mol. The zero-order valence-electron chi connectivity index (χ0n) is 8.80. The molecule has 7 heteroatoms. The molecule has 0 fully saturated rings. The Morgan fingerprint density at radius 1 is 1.41 bits per heavy atom. The molecule has 0 aliphatic rings. The first-order chi connectivity index (χ1) is 7.95. The van der Waals surface area contributed by atoms with Gasteiger partial charge in [-0.3, -0.25) is 4.55 Å². The van der Waals surface area contributed by atoms with E-state index in [1.807, 2.05) is 0 Å². The van der Waals surface area contributed by atoms with Crippen LogP contribution in [0.2, 0.25) is 0 Å². The highest BCUT2D eigenvalue weighted by Gasteiger charge is 2.13. The average molecular weight is 279 g/mol. The maximum absolute atomic E-state index is 11.5. The molecule has 1 N–H and O–H groups in total. The Kier molecular flexibility index (Phi) is 4.92. The van der Waals surface area contributed by atoms with Crippen LogP contribution in [0.5, 0.6) is 0 Å². The van der Waals surface area contributed by atoms with Gasteiger partial charge in [0, 0.05) is 5.88 Å². The van der Waals surface area contributed by atoms with Crippen LogP contribution in [-0.2, 0) is 14.9 Å². The number of carbonyl (C=O) groups excluding carboxylic acids is 1. The molecule has 5 nitrogen and oxygen atoms in total. The number of ether oxygens (including phenoxy) is 1. The van der Waals surface area contributed by atoms with Gasteiger partial charge in [-0.15, -0.1) is 11.6 Å². The van der Waals surface area contributed by atoms with Crippen molar-refractivity contribution < 1.29 is 22.5 Å². The molecule has 0 saturated heterocycles. The summed E-state index contributed by atoms with van der Waals surface area (Å²) in [5, 5.41) is 0. The maximum atomic E-state index is 11.5. The van der Waals surface area contributed by atoms with E-state index >= 15 is 0 Å². The van der Waals surface area contributed by atoms with Crippen LogP contribution in [0, 0.1) is 0 Å². The van der Waals surface area contributed by atoms with E-state index in [9.17, 15) is 13.2 Å². The van der Waals surface area contributed by atoms with Crippen LogP contribution in [0.3, 0.4) is 0 Å². The van der Waals surface area contributed by atoms with Crippen LogP contribution in [0.4, 0.5) is 0 Å². The van der Waals surface area contributed by atoms with Crippen LogP contribution in [0.25, 0.3) is 0 Å². The highest BCUT2D eigenvalue weighted by Crippen LogP contribution is 2.12. The van der Waals surface area contributed by atoms with E-state index in [2.05, 4.69) is 0 Å². The number of alkyl halides is 1. The fourth-order valence-corrected chi connectivity index (χ4v) is 1.72. The van der Waals surface area contributed by atoms with Crippen molar-refractivity contribution in [3.63, 3.8) is 0 Å². The second kappa shape index (κ2) is 6.00. The van der Waals surface area contributed by atoms with Crippen molar-refractivity contribution in [3.8, 4) is 0 Å². The van der Waals surface area contributed by atoms with Crippen molar-refractivity contribution in [2.45, 2.75) is 11.3 Å². The average Bonchev–Trinajstić information content (AvgIpc) is 2.28. The van der Waals surface area contributed by atoms with Gasteiger partial charge >= 0.3 is 5.97 Å². The Bertz CT molecular complexity index is 497. The zero-order chi connectivity index (χ0) is 12.9. The van der Waals surface area contributed by atoms with E-state index in [-0.39, 0.29) is 17.1 Å². The molecule has 1 aromatic rings. The predicted molar refractivity (Wildman–Crippen MR) is 61.9 cm³/mol. The Labute approximate surface area is 104 Å². The van der Waals surface area contributed by atoms with Gasteiger partial charge in [0.1, 0.15) is 0 Å². The van der Waals surface area contributed by atoms with Crippen LogP contribution in [0.1, 0.15) is 16.8 Å². The second-order valence-corrected chi connectivity index (χ2v) is 4.98. The molecule has 0 atom stereocenters. The number of carbonyl (C=O) groups is 1. The van der Waals surface area contributed by atoms with Gasteiger partial charge in [0.2, 0.25) is 0 Å². The first-order valence-electron chi connectivity index (χ1n) is 4.76. The van der Waals surface area contributed by atoms with Gasteiger partial charge in [-0.25, -0.2) is 4.79 Å². The molecular formula is C10H11ClO5S. The Morgan fingerprint density at radius 2 is 2.12 bits per heavy atom. The molecule has 0 aliphatic carbocycles. The highest BCUT2D eigenvalue weighted by atomic mass is 35.5. The topological polar surface area (TPSA) is 80.7 Å². The Morgan fingerprint density at radius 3 is 2.71 bits per heavy atom. The van der Waals surface area contributed by atoms with Gasteiger partial charge in [-0.1, -0.05) is 6.07 Å². The minimum absolute atomic E-state index is 0.0645. The summed E-state index contributed by atoms with van der Waals surface area (Å²) in [4.78, 5) is 11.1. The number of rotatable bonds is 5. The van der Waals surface area contributed by atoms with Crippen molar-refractivity contribution in [1.82, 2.24) is 0 Å². The molecule has 1 aromatic carbocycles. The zero-order valence-corrected chi connectivity index (χ0v) is 10.4. The summed E-state index contributed by atoms with van der Waals surface area (Å²) >= 11 is 5.41. The summed E-state index contributed by atoms with van der Waals surface area (Å²) in [6.45, 7) is 0.165. The van der Waals surface area contributed by atoms with Gasteiger partial charge < -0.3 is 4.74 Å². The van der Waals surface area contributed by atoms with Crippen molar-refractivity contribution in [2.75, 3.05) is 12.5 Å². The number of hydrogen-bond acceptors (Lipinski definition) is 4. The maximum Gasteiger partial charge on any atom is 0.338 e. The van der Waals surface area contributed by atoms with E-state index in [4.69, 9.17) is 20.9 Å². The van der Waals surface area contributed by atoms with Gasteiger partial charge in [-0.2, -0.15) is 8.42 Å². The van der Waals surface area contributed by atoms with E-state index in [0.29, 0.717) is 12.3 Å². The summed E-state index contributed by atoms with van der Waals surface area (Å²) < 4.78 is 35.4. The van der Waals surface area contributed by atoms with Crippen LogP contribution in [0.15, 0.2) is 29.2 Å². The summed E-state index contributed by atoms with van der Waals surface area (Å²) in [6.07, 6.45) is 0.519. The molecule has 1 rings (SSSR count). The molecule has 0 amide bonds. The summed E-state index contributed by atoms with van der Waals surface area (Å²) in [7, 11) is -4.31. The number of benzene rings is 1. The van der Waals surface area contributed by atoms with Crippen molar-refractivity contribution in [2.24, 2.45) is 0 Å². The predicted octanol–water partition coefficient (Wildman–Crippen LogP) is 1.72. The molecule has 0 radical (unpaired) electrons. The molecule has 0 aliphatic heterocycles. The number of halogens is 1. The van der Waals surface area contributed by atoms with Crippen LogP contribution < -0.4 is 0 Å². The lowest BCUT2D eigenvalue weighted by atomic mass is 10.2. The smallest absolute Gasteiger partial charge is 0.338 e. The third kappa shape index (κ3) is 4.33. The normalized spacial score (nSPS) is 11.2. The van der Waals surface area contributed by atoms with E-state index in [1.165, 1.54) is 18.2 Å². The Hall–Kier alpha value is -1.11. The molecule has 0 bridgehead atoms. The molecule has 0 saturated carbocycles. The lowest BCUT2D eigenvalue weighted by Gasteiger charge is -2.04. The van der Waals surface area contributed by atoms with E-state index < -0.39 is 16.1 Å². The van der Waals surface area contributed by atoms with Gasteiger partial charge in [0.25, 0.3) is 10.1 Å². The Balaban J connectivity index is 2.82. The lowest BCUT2D eigenvalue weighted by molar-refractivity contribution is 0.0506. The number of hydrogen-bond donors (Lipinski definition) is 1. The highest BCUT2D eigenvalue weighted by molar-refractivity contribution is 7.85. The fraction of sp³-hybridized carbons (Fsp3) is 0.300. The van der Waals surface area contributed by atoms with Gasteiger partial charge in [-0.05, 0) is 24.6 Å². The van der Waals surface area contributed by atoms with Crippen LogP contribution >= 0.6 is 11.6 Å². The van der Waals surface area contributed by atoms with E-state index in [1.54, 1.807) is 0 Å². The second-order valence-electron chi connectivity index (χ2n) is 3.18. The SMILES string of the molecule is O=C(OCCCCl)c1cccc(S(=O)(=O)O)c1. The third-order valence-corrected chi connectivity index (χ3v) is 3.00. The molecule has 0 unspecified atom stereocenters. The first-order valence-corrected chi connectivity index (χ1v) is 6.73. The minimum atomic E-state index is -4.31. The molecule has 0 spiro atoms. The van der Waals surface area contributed by atoms with Crippen molar-refractivity contribution >= 4 is 27.7 Å². The lowest BCUT2D eigenvalue weighted by Crippen LogP contribution is -2.08. The molecule has 0 heterocycles. The molecule has 94 valence electrons. The standard InChI is InChI=1S/C10H11ClO5S/c11-5-2-6-16-10(12)8-3-1-4-9(7-8)17(13,14)15/h1,3-4,7H,2,5-6H2,(H,13,14,15). The van der Waals surface area contributed by atoms with Gasteiger partial charge in [0.05, 0.1) is 17.1 Å².